The maximum Gasteiger partial charge on any atom is 0.125 e. The molecule has 3 heteroatoms. The van der Waals surface area contributed by atoms with Crippen molar-refractivity contribution in [3.8, 4) is 0 Å². The summed E-state index contributed by atoms with van der Waals surface area (Å²) in [6.07, 6.45) is 5.51. The molecule has 0 saturated carbocycles. The standard InChI is InChI=1S/C11H17N3/c1-8-13-7-10-5-9(6-12-2)3-4-11(10)14-8/h7,9,12H,3-6H2,1-2H3. The molecule has 1 atom stereocenters. The van der Waals surface area contributed by atoms with Crippen molar-refractivity contribution in [1.29, 1.82) is 0 Å². The zero-order valence-corrected chi connectivity index (χ0v) is 8.88. The molecular formula is C11H17N3. The molecule has 0 aliphatic heterocycles. The fourth-order valence-corrected chi connectivity index (χ4v) is 2.15. The van der Waals surface area contributed by atoms with Crippen LogP contribution in [-0.2, 0) is 12.8 Å². The molecule has 0 radical (unpaired) electrons. The van der Waals surface area contributed by atoms with Crippen LogP contribution in [0.15, 0.2) is 6.20 Å². The van der Waals surface area contributed by atoms with Crippen molar-refractivity contribution >= 4 is 0 Å². The highest BCUT2D eigenvalue weighted by Gasteiger charge is 2.19. The Morgan fingerprint density at radius 1 is 1.57 bits per heavy atom. The van der Waals surface area contributed by atoms with Crippen molar-refractivity contribution in [1.82, 2.24) is 15.3 Å². The number of nitrogens with one attached hydrogen (secondary N) is 1. The van der Waals surface area contributed by atoms with E-state index in [4.69, 9.17) is 0 Å². The summed E-state index contributed by atoms with van der Waals surface area (Å²) >= 11 is 0. The molecule has 0 amide bonds. The topological polar surface area (TPSA) is 37.8 Å². The van der Waals surface area contributed by atoms with E-state index in [1.165, 1.54) is 17.7 Å². The third-order valence-corrected chi connectivity index (χ3v) is 2.87. The van der Waals surface area contributed by atoms with E-state index in [0.717, 1.165) is 31.1 Å². The van der Waals surface area contributed by atoms with Gasteiger partial charge in [0.2, 0.25) is 0 Å². The van der Waals surface area contributed by atoms with Crippen molar-refractivity contribution in [3.05, 3.63) is 23.3 Å². The fraction of sp³-hybridized carbons (Fsp3) is 0.636. The van der Waals surface area contributed by atoms with Crippen LogP contribution >= 0.6 is 0 Å². The summed E-state index contributed by atoms with van der Waals surface area (Å²) in [5.41, 5.74) is 2.62. The number of hydrogen-bond donors (Lipinski definition) is 1. The lowest BCUT2D eigenvalue weighted by Gasteiger charge is -2.23. The zero-order valence-electron chi connectivity index (χ0n) is 8.88. The first-order valence-corrected chi connectivity index (χ1v) is 5.25. The summed E-state index contributed by atoms with van der Waals surface area (Å²) < 4.78 is 0. The molecule has 14 heavy (non-hydrogen) atoms. The molecule has 1 aliphatic rings. The van der Waals surface area contributed by atoms with Crippen LogP contribution in [-0.4, -0.2) is 23.6 Å². The van der Waals surface area contributed by atoms with E-state index in [1.807, 2.05) is 20.2 Å². The van der Waals surface area contributed by atoms with Crippen molar-refractivity contribution in [2.45, 2.75) is 26.2 Å². The molecule has 1 aromatic heterocycles. The Morgan fingerprint density at radius 3 is 3.21 bits per heavy atom. The quantitative estimate of drug-likeness (QED) is 0.761. The van der Waals surface area contributed by atoms with Crippen LogP contribution in [0.3, 0.4) is 0 Å². The van der Waals surface area contributed by atoms with Crippen LogP contribution in [0.2, 0.25) is 0 Å². The normalized spacial score (nSPS) is 20.6. The monoisotopic (exact) mass is 191 g/mol. The van der Waals surface area contributed by atoms with Crippen LogP contribution < -0.4 is 5.32 Å². The predicted octanol–water partition coefficient (Wildman–Crippen LogP) is 1.11. The molecule has 1 unspecified atom stereocenters. The zero-order chi connectivity index (χ0) is 9.97. The molecule has 1 aromatic rings. The van der Waals surface area contributed by atoms with Crippen molar-refractivity contribution in [3.63, 3.8) is 0 Å². The van der Waals surface area contributed by atoms with Gasteiger partial charge in [-0.05, 0) is 51.3 Å². The average molecular weight is 191 g/mol. The van der Waals surface area contributed by atoms with E-state index >= 15 is 0 Å². The highest BCUT2D eigenvalue weighted by Crippen LogP contribution is 2.22. The Morgan fingerprint density at radius 2 is 2.43 bits per heavy atom. The molecule has 0 saturated heterocycles. The minimum atomic E-state index is 0.763. The lowest BCUT2D eigenvalue weighted by molar-refractivity contribution is 0.433. The minimum Gasteiger partial charge on any atom is -0.319 e. The SMILES string of the molecule is CNCC1CCc2nc(C)ncc2C1. The summed E-state index contributed by atoms with van der Waals surface area (Å²) in [5.74, 6) is 1.66. The number of hydrogen-bond acceptors (Lipinski definition) is 3. The molecule has 0 spiro atoms. The maximum atomic E-state index is 4.48. The van der Waals surface area contributed by atoms with E-state index in [2.05, 4.69) is 15.3 Å². The number of fused-ring (bicyclic) bond motifs is 1. The lowest BCUT2D eigenvalue weighted by atomic mass is 9.87. The molecule has 3 nitrogen and oxygen atoms in total. The van der Waals surface area contributed by atoms with Gasteiger partial charge in [-0.25, -0.2) is 9.97 Å². The average Bonchev–Trinajstić information content (AvgIpc) is 2.19. The molecule has 1 N–H and O–H groups in total. The second-order valence-electron chi connectivity index (χ2n) is 4.06. The molecule has 0 bridgehead atoms. The fourth-order valence-electron chi connectivity index (χ4n) is 2.15. The Bertz CT molecular complexity index is 322. The van der Waals surface area contributed by atoms with Crippen LogP contribution in [0.5, 0.6) is 0 Å². The Labute approximate surface area is 85.0 Å². The van der Waals surface area contributed by atoms with Crippen molar-refractivity contribution < 1.29 is 0 Å². The first-order valence-electron chi connectivity index (χ1n) is 5.25. The van der Waals surface area contributed by atoms with Gasteiger partial charge in [0.15, 0.2) is 0 Å². The summed E-state index contributed by atoms with van der Waals surface area (Å²) in [7, 11) is 2.02. The first kappa shape index (κ1) is 9.59. The highest BCUT2D eigenvalue weighted by atomic mass is 14.9. The van der Waals surface area contributed by atoms with Gasteiger partial charge >= 0.3 is 0 Å². The van der Waals surface area contributed by atoms with E-state index in [9.17, 15) is 0 Å². The van der Waals surface area contributed by atoms with E-state index in [1.54, 1.807) is 0 Å². The largest absolute Gasteiger partial charge is 0.319 e. The summed E-state index contributed by atoms with van der Waals surface area (Å²) in [4.78, 5) is 8.73. The van der Waals surface area contributed by atoms with Crippen LogP contribution in [0.1, 0.15) is 23.5 Å². The van der Waals surface area contributed by atoms with Gasteiger partial charge < -0.3 is 5.32 Å². The van der Waals surface area contributed by atoms with Crippen LogP contribution in [0.25, 0.3) is 0 Å². The van der Waals surface area contributed by atoms with Crippen molar-refractivity contribution in [2.24, 2.45) is 5.92 Å². The smallest absolute Gasteiger partial charge is 0.125 e. The van der Waals surface area contributed by atoms with Gasteiger partial charge in [0.25, 0.3) is 0 Å². The summed E-state index contributed by atoms with van der Waals surface area (Å²) in [5, 5.41) is 3.24. The number of aryl methyl sites for hydroxylation is 2. The van der Waals surface area contributed by atoms with Gasteiger partial charge in [-0.2, -0.15) is 0 Å². The van der Waals surface area contributed by atoms with Crippen LogP contribution in [0, 0.1) is 12.8 Å². The van der Waals surface area contributed by atoms with Gasteiger partial charge in [0, 0.05) is 11.9 Å². The second kappa shape index (κ2) is 4.05. The molecular weight excluding hydrogens is 174 g/mol. The van der Waals surface area contributed by atoms with Gasteiger partial charge in [-0.3, -0.25) is 0 Å². The number of aromatic nitrogens is 2. The molecule has 2 rings (SSSR count). The van der Waals surface area contributed by atoms with Gasteiger partial charge in [-0.1, -0.05) is 0 Å². The van der Waals surface area contributed by atoms with E-state index in [0.29, 0.717) is 0 Å². The van der Waals surface area contributed by atoms with Gasteiger partial charge in [0.1, 0.15) is 5.82 Å². The number of rotatable bonds is 2. The number of nitrogens with zero attached hydrogens (tertiary/aromatic N) is 2. The van der Waals surface area contributed by atoms with Crippen LogP contribution in [0.4, 0.5) is 0 Å². The minimum absolute atomic E-state index is 0.763. The predicted molar refractivity (Wildman–Crippen MR) is 56.2 cm³/mol. The van der Waals surface area contributed by atoms with E-state index < -0.39 is 0 Å². The maximum absolute atomic E-state index is 4.48. The molecule has 0 aromatic carbocycles. The second-order valence-corrected chi connectivity index (χ2v) is 4.06. The molecule has 1 heterocycles. The highest BCUT2D eigenvalue weighted by molar-refractivity contribution is 5.21. The Hall–Kier alpha value is -0.960. The molecule has 0 fully saturated rings. The van der Waals surface area contributed by atoms with Gasteiger partial charge in [0.05, 0.1) is 0 Å². The van der Waals surface area contributed by atoms with Gasteiger partial charge in [-0.15, -0.1) is 0 Å². The first-order chi connectivity index (χ1) is 6.79. The lowest BCUT2D eigenvalue weighted by Crippen LogP contribution is -2.25. The summed E-state index contributed by atoms with van der Waals surface area (Å²) in [6, 6.07) is 0. The summed E-state index contributed by atoms with van der Waals surface area (Å²) in [6.45, 7) is 3.06. The molecule has 76 valence electrons. The third kappa shape index (κ3) is 1.93. The van der Waals surface area contributed by atoms with Crippen molar-refractivity contribution in [2.75, 3.05) is 13.6 Å². The Balaban J connectivity index is 2.15. The molecule has 1 aliphatic carbocycles. The van der Waals surface area contributed by atoms with E-state index in [-0.39, 0.29) is 0 Å². The third-order valence-electron chi connectivity index (χ3n) is 2.87. The Kier molecular flexibility index (Phi) is 2.77.